The Kier molecular flexibility index (Phi) is 5.07. The minimum Gasteiger partial charge on any atom is -0.462 e. The molecule has 1 aliphatic carbocycles. The van der Waals surface area contributed by atoms with Gasteiger partial charge in [0.1, 0.15) is 4.83 Å². The fraction of sp³-hybridized carbons (Fsp3) is 0.381. The lowest BCUT2D eigenvalue weighted by molar-refractivity contribution is 0.0505. The zero-order chi connectivity index (χ0) is 18.8. The predicted molar refractivity (Wildman–Crippen MR) is 107 cm³/mol. The van der Waals surface area contributed by atoms with E-state index in [2.05, 4.69) is 4.98 Å². The van der Waals surface area contributed by atoms with Crippen molar-refractivity contribution >= 4 is 27.5 Å². The molecular formula is C21H22N2O3S. The van der Waals surface area contributed by atoms with Crippen LogP contribution in [0.15, 0.2) is 35.4 Å². The summed E-state index contributed by atoms with van der Waals surface area (Å²) in [5.41, 5.74) is 2.60. The van der Waals surface area contributed by atoms with Gasteiger partial charge in [-0.15, -0.1) is 11.3 Å². The molecule has 3 aromatic rings. The van der Waals surface area contributed by atoms with Gasteiger partial charge in [-0.05, 0) is 55.4 Å². The molecule has 0 spiro atoms. The molecule has 0 unspecified atom stereocenters. The van der Waals surface area contributed by atoms with Crippen LogP contribution in [0, 0.1) is 0 Å². The van der Waals surface area contributed by atoms with Gasteiger partial charge in [0.05, 0.1) is 30.4 Å². The highest BCUT2D eigenvalue weighted by Gasteiger charge is 2.20. The molecule has 1 aromatic carbocycles. The third-order valence-electron chi connectivity index (χ3n) is 4.89. The van der Waals surface area contributed by atoms with Crippen LogP contribution in [0.4, 0.5) is 0 Å². The Balaban J connectivity index is 1.65. The van der Waals surface area contributed by atoms with E-state index in [0.29, 0.717) is 18.7 Å². The van der Waals surface area contributed by atoms with Crippen LogP contribution < -0.4 is 5.56 Å². The quantitative estimate of drug-likeness (QED) is 0.627. The summed E-state index contributed by atoms with van der Waals surface area (Å²) in [6.07, 6.45) is 6.75. The van der Waals surface area contributed by atoms with Crippen LogP contribution in [0.25, 0.3) is 10.2 Å². The van der Waals surface area contributed by atoms with Gasteiger partial charge >= 0.3 is 5.97 Å². The Labute approximate surface area is 161 Å². The van der Waals surface area contributed by atoms with E-state index in [0.717, 1.165) is 41.5 Å². The van der Waals surface area contributed by atoms with Crippen molar-refractivity contribution in [3.8, 4) is 0 Å². The van der Waals surface area contributed by atoms with Crippen LogP contribution in [0.3, 0.4) is 0 Å². The van der Waals surface area contributed by atoms with E-state index in [1.165, 1.54) is 16.9 Å². The molecule has 0 fully saturated rings. The Morgan fingerprint density at radius 2 is 2.15 bits per heavy atom. The van der Waals surface area contributed by atoms with E-state index in [1.54, 1.807) is 34.4 Å². The van der Waals surface area contributed by atoms with Crippen molar-refractivity contribution in [2.75, 3.05) is 6.61 Å². The van der Waals surface area contributed by atoms with Crippen molar-refractivity contribution in [3.63, 3.8) is 0 Å². The van der Waals surface area contributed by atoms with Crippen LogP contribution in [0.2, 0.25) is 0 Å². The molecule has 140 valence electrons. The molecule has 2 aromatic heterocycles. The molecule has 0 amide bonds. The van der Waals surface area contributed by atoms with E-state index in [4.69, 9.17) is 4.74 Å². The minimum absolute atomic E-state index is 0.0124. The minimum atomic E-state index is -0.327. The molecule has 0 bridgehead atoms. The molecule has 0 N–H and O–H groups in total. The first kappa shape index (κ1) is 17.9. The number of carbonyl (C=O) groups is 1. The lowest BCUT2D eigenvalue weighted by Crippen LogP contribution is -2.22. The maximum atomic E-state index is 13.1. The third kappa shape index (κ3) is 3.54. The SMILES string of the molecule is CCCOC(=O)c1cccc(Cn2cnc3sc4c(c3c2=O)CCCC4)c1. The molecule has 27 heavy (non-hydrogen) atoms. The van der Waals surface area contributed by atoms with Gasteiger partial charge in [0.2, 0.25) is 0 Å². The number of benzene rings is 1. The zero-order valence-electron chi connectivity index (χ0n) is 15.4. The van der Waals surface area contributed by atoms with Crippen molar-refractivity contribution < 1.29 is 9.53 Å². The number of fused-ring (bicyclic) bond motifs is 3. The smallest absolute Gasteiger partial charge is 0.338 e. The Morgan fingerprint density at radius 1 is 1.30 bits per heavy atom. The normalized spacial score (nSPS) is 13.5. The van der Waals surface area contributed by atoms with E-state index >= 15 is 0 Å². The van der Waals surface area contributed by atoms with Crippen LogP contribution in [0.5, 0.6) is 0 Å². The van der Waals surface area contributed by atoms with Gasteiger partial charge in [-0.2, -0.15) is 0 Å². The number of ether oxygens (including phenoxy) is 1. The summed E-state index contributed by atoms with van der Waals surface area (Å²) in [5, 5.41) is 0.788. The highest BCUT2D eigenvalue weighted by molar-refractivity contribution is 7.18. The van der Waals surface area contributed by atoms with Gasteiger partial charge in [-0.25, -0.2) is 9.78 Å². The lowest BCUT2D eigenvalue weighted by atomic mass is 9.97. The van der Waals surface area contributed by atoms with Crippen molar-refractivity contribution in [2.45, 2.75) is 45.6 Å². The first-order valence-corrected chi connectivity index (χ1v) is 10.2. The van der Waals surface area contributed by atoms with Crippen molar-refractivity contribution in [1.29, 1.82) is 0 Å². The molecule has 0 radical (unpaired) electrons. The van der Waals surface area contributed by atoms with E-state index in [1.807, 2.05) is 19.1 Å². The summed E-state index contributed by atoms with van der Waals surface area (Å²) in [6, 6.07) is 7.26. The van der Waals surface area contributed by atoms with Gasteiger partial charge in [-0.3, -0.25) is 9.36 Å². The molecule has 5 nitrogen and oxygen atoms in total. The van der Waals surface area contributed by atoms with E-state index in [9.17, 15) is 9.59 Å². The number of hydrogen-bond acceptors (Lipinski definition) is 5. The third-order valence-corrected chi connectivity index (χ3v) is 6.09. The molecule has 4 rings (SSSR count). The molecule has 1 aliphatic rings. The van der Waals surface area contributed by atoms with Crippen LogP contribution in [0.1, 0.15) is 52.5 Å². The molecular weight excluding hydrogens is 360 g/mol. The monoisotopic (exact) mass is 382 g/mol. The van der Waals surface area contributed by atoms with Crippen molar-refractivity contribution in [2.24, 2.45) is 0 Å². The standard InChI is InChI=1S/C21H22N2O3S/c1-2-10-26-21(25)15-7-5-6-14(11-15)12-23-13-22-19-18(20(23)24)16-8-3-4-9-17(16)27-19/h5-7,11,13H,2-4,8-10,12H2,1H3. The average molecular weight is 382 g/mol. The molecule has 0 aliphatic heterocycles. The Morgan fingerprint density at radius 3 is 3.00 bits per heavy atom. The second-order valence-corrected chi connectivity index (χ2v) is 7.99. The summed E-state index contributed by atoms with van der Waals surface area (Å²) in [7, 11) is 0. The van der Waals surface area contributed by atoms with Gasteiger partial charge in [0.25, 0.3) is 5.56 Å². The number of carbonyl (C=O) groups excluding carboxylic acids is 1. The first-order valence-electron chi connectivity index (χ1n) is 9.43. The van der Waals surface area contributed by atoms with Crippen LogP contribution in [-0.4, -0.2) is 22.1 Å². The number of rotatable bonds is 5. The fourth-order valence-corrected chi connectivity index (χ4v) is 4.78. The van der Waals surface area contributed by atoms with Crippen LogP contribution >= 0.6 is 11.3 Å². The second-order valence-electron chi connectivity index (χ2n) is 6.90. The van der Waals surface area contributed by atoms with Gasteiger partial charge in [0.15, 0.2) is 0 Å². The summed E-state index contributed by atoms with van der Waals surface area (Å²) < 4.78 is 6.84. The van der Waals surface area contributed by atoms with Crippen LogP contribution in [-0.2, 0) is 24.1 Å². The van der Waals surface area contributed by atoms with E-state index in [-0.39, 0.29) is 11.5 Å². The fourth-order valence-electron chi connectivity index (χ4n) is 3.57. The molecule has 6 heteroatoms. The molecule has 0 saturated carbocycles. The van der Waals surface area contributed by atoms with Crippen molar-refractivity contribution in [1.82, 2.24) is 9.55 Å². The maximum absolute atomic E-state index is 13.1. The van der Waals surface area contributed by atoms with E-state index < -0.39 is 0 Å². The molecule has 0 atom stereocenters. The second kappa shape index (κ2) is 7.64. The topological polar surface area (TPSA) is 61.2 Å². The average Bonchev–Trinajstić information content (AvgIpc) is 3.08. The first-order chi connectivity index (χ1) is 13.2. The molecule has 2 heterocycles. The number of aryl methyl sites for hydroxylation is 2. The summed E-state index contributed by atoms with van der Waals surface area (Å²) >= 11 is 1.66. The zero-order valence-corrected chi connectivity index (χ0v) is 16.2. The van der Waals surface area contributed by atoms with Gasteiger partial charge in [-0.1, -0.05) is 19.1 Å². The Bertz CT molecular complexity index is 1050. The largest absolute Gasteiger partial charge is 0.462 e. The highest BCUT2D eigenvalue weighted by Crippen LogP contribution is 2.33. The van der Waals surface area contributed by atoms with Gasteiger partial charge < -0.3 is 4.74 Å². The number of nitrogens with zero attached hydrogens (tertiary/aromatic N) is 2. The maximum Gasteiger partial charge on any atom is 0.338 e. The number of thiophene rings is 1. The number of hydrogen-bond donors (Lipinski definition) is 0. The lowest BCUT2D eigenvalue weighted by Gasteiger charge is -2.11. The summed E-state index contributed by atoms with van der Waals surface area (Å²) in [5.74, 6) is -0.327. The predicted octanol–water partition coefficient (Wildman–Crippen LogP) is 3.95. The number of esters is 1. The number of aromatic nitrogens is 2. The summed E-state index contributed by atoms with van der Waals surface area (Å²) in [4.78, 5) is 31.8. The Hall–Kier alpha value is -2.47. The van der Waals surface area contributed by atoms with Gasteiger partial charge in [0, 0.05) is 4.88 Å². The summed E-state index contributed by atoms with van der Waals surface area (Å²) in [6.45, 7) is 2.76. The molecule has 0 saturated heterocycles. The van der Waals surface area contributed by atoms with Crippen molar-refractivity contribution in [3.05, 3.63) is 62.5 Å². The highest BCUT2D eigenvalue weighted by atomic mass is 32.1.